The van der Waals surface area contributed by atoms with Crippen LogP contribution >= 0.6 is 0 Å². The van der Waals surface area contributed by atoms with E-state index in [4.69, 9.17) is 4.74 Å². The van der Waals surface area contributed by atoms with Crippen LogP contribution in [0.15, 0.2) is 42.7 Å². The van der Waals surface area contributed by atoms with Crippen LogP contribution in [0.2, 0.25) is 0 Å². The number of carbonyl (C=O) groups excluding carboxylic acids is 1. The Labute approximate surface area is 127 Å². The standard InChI is InChI=1S/C16H16F2N2O2/c1-10(11(2)22-15-6-4-3-5-13(15)17)20-16(21)12-7-8-19-9-14(12)18/h3-11H,1-2H3,(H,20,21)/t10-,11+/m0/s1. The minimum atomic E-state index is -0.699. The maximum absolute atomic E-state index is 13.5. The summed E-state index contributed by atoms with van der Waals surface area (Å²) in [4.78, 5) is 15.6. The van der Waals surface area contributed by atoms with Gasteiger partial charge in [0.15, 0.2) is 17.4 Å². The second-order valence-corrected chi connectivity index (χ2v) is 4.87. The highest BCUT2D eigenvalue weighted by atomic mass is 19.1. The van der Waals surface area contributed by atoms with Crippen molar-refractivity contribution in [2.24, 2.45) is 0 Å². The Morgan fingerprint density at radius 3 is 2.59 bits per heavy atom. The Bertz CT molecular complexity index is 664. The largest absolute Gasteiger partial charge is 0.486 e. The summed E-state index contributed by atoms with van der Waals surface area (Å²) in [6, 6.07) is 6.85. The predicted octanol–water partition coefficient (Wildman–Crippen LogP) is 2.95. The summed E-state index contributed by atoms with van der Waals surface area (Å²) in [5.41, 5.74) is -0.0973. The zero-order valence-electron chi connectivity index (χ0n) is 12.2. The van der Waals surface area contributed by atoms with Gasteiger partial charge in [0.1, 0.15) is 6.10 Å². The number of halogens is 2. The van der Waals surface area contributed by atoms with Crippen LogP contribution in [-0.4, -0.2) is 23.0 Å². The molecule has 2 atom stereocenters. The molecule has 0 fully saturated rings. The molecule has 0 spiro atoms. The first-order chi connectivity index (χ1) is 10.5. The van der Waals surface area contributed by atoms with Gasteiger partial charge in [0.05, 0.1) is 17.8 Å². The average Bonchev–Trinajstić information content (AvgIpc) is 2.49. The molecule has 2 rings (SSSR count). The highest BCUT2D eigenvalue weighted by molar-refractivity contribution is 5.94. The fourth-order valence-electron chi connectivity index (χ4n) is 1.80. The lowest BCUT2D eigenvalue weighted by Gasteiger charge is -2.23. The number of benzene rings is 1. The van der Waals surface area contributed by atoms with E-state index in [0.717, 1.165) is 6.20 Å². The molecule has 1 heterocycles. The molecule has 0 saturated heterocycles. The van der Waals surface area contributed by atoms with Crippen LogP contribution in [0.1, 0.15) is 24.2 Å². The number of rotatable bonds is 5. The number of hydrogen-bond acceptors (Lipinski definition) is 3. The highest BCUT2D eigenvalue weighted by Crippen LogP contribution is 2.18. The molecule has 0 bridgehead atoms. The smallest absolute Gasteiger partial charge is 0.254 e. The Kier molecular flexibility index (Phi) is 5.04. The Balaban J connectivity index is 2.00. The minimum absolute atomic E-state index is 0.0973. The molecule has 1 amide bonds. The Hall–Kier alpha value is -2.50. The van der Waals surface area contributed by atoms with Gasteiger partial charge in [-0.15, -0.1) is 0 Å². The molecular formula is C16H16F2N2O2. The van der Waals surface area contributed by atoms with Gasteiger partial charge in [0.25, 0.3) is 5.91 Å². The zero-order valence-corrected chi connectivity index (χ0v) is 12.2. The van der Waals surface area contributed by atoms with E-state index in [1.165, 1.54) is 24.4 Å². The third kappa shape index (κ3) is 3.78. The number of nitrogens with zero attached hydrogens (tertiary/aromatic N) is 1. The molecular weight excluding hydrogens is 290 g/mol. The molecule has 0 aliphatic carbocycles. The van der Waals surface area contributed by atoms with Crippen LogP contribution in [0.4, 0.5) is 8.78 Å². The van der Waals surface area contributed by atoms with E-state index >= 15 is 0 Å². The number of amides is 1. The molecule has 0 radical (unpaired) electrons. The van der Waals surface area contributed by atoms with Crippen LogP contribution in [0.25, 0.3) is 0 Å². The van der Waals surface area contributed by atoms with Gasteiger partial charge in [-0.25, -0.2) is 8.78 Å². The van der Waals surface area contributed by atoms with E-state index in [1.807, 2.05) is 0 Å². The van der Waals surface area contributed by atoms with E-state index in [9.17, 15) is 13.6 Å². The van der Waals surface area contributed by atoms with Crippen molar-refractivity contribution in [2.75, 3.05) is 0 Å². The van der Waals surface area contributed by atoms with E-state index in [-0.39, 0.29) is 11.3 Å². The van der Waals surface area contributed by atoms with Crippen molar-refractivity contribution in [3.05, 3.63) is 59.9 Å². The van der Waals surface area contributed by atoms with Crippen LogP contribution in [0.3, 0.4) is 0 Å². The lowest BCUT2D eigenvalue weighted by Crippen LogP contribution is -2.42. The SMILES string of the molecule is C[C@H](NC(=O)c1ccncc1F)[C@@H](C)Oc1ccccc1F. The van der Waals surface area contributed by atoms with E-state index in [2.05, 4.69) is 10.3 Å². The quantitative estimate of drug-likeness (QED) is 0.924. The molecule has 0 unspecified atom stereocenters. The first-order valence-electron chi connectivity index (χ1n) is 6.80. The molecule has 2 aromatic rings. The van der Waals surface area contributed by atoms with Crippen molar-refractivity contribution in [3.8, 4) is 5.75 Å². The van der Waals surface area contributed by atoms with Crippen LogP contribution in [-0.2, 0) is 0 Å². The van der Waals surface area contributed by atoms with Crippen molar-refractivity contribution < 1.29 is 18.3 Å². The summed E-state index contributed by atoms with van der Waals surface area (Å²) < 4.78 is 32.5. The van der Waals surface area contributed by atoms with Gasteiger partial charge in [0, 0.05) is 6.20 Å². The first-order valence-corrected chi connectivity index (χ1v) is 6.80. The summed E-state index contributed by atoms with van der Waals surface area (Å²) in [6.07, 6.45) is 1.81. The molecule has 4 nitrogen and oxygen atoms in total. The third-order valence-electron chi connectivity index (χ3n) is 3.23. The second kappa shape index (κ2) is 6.98. The van der Waals surface area contributed by atoms with E-state index < -0.39 is 29.7 Å². The molecule has 116 valence electrons. The number of carbonyl (C=O) groups is 1. The van der Waals surface area contributed by atoms with Gasteiger partial charge >= 0.3 is 0 Å². The van der Waals surface area contributed by atoms with Crippen molar-refractivity contribution in [3.63, 3.8) is 0 Å². The van der Waals surface area contributed by atoms with Crippen LogP contribution in [0.5, 0.6) is 5.75 Å². The molecule has 1 aromatic heterocycles. The lowest BCUT2D eigenvalue weighted by molar-refractivity contribution is 0.0887. The number of para-hydroxylation sites is 1. The fourth-order valence-corrected chi connectivity index (χ4v) is 1.80. The number of aromatic nitrogens is 1. The average molecular weight is 306 g/mol. The summed E-state index contributed by atoms with van der Waals surface area (Å²) in [7, 11) is 0. The van der Waals surface area contributed by atoms with E-state index in [1.54, 1.807) is 26.0 Å². The highest BCUT2D eigenvalue weighted by Gasteiger charge is 2.20. The van der Waals surface area contributed by atoms with Gasteiger partial charge in [-0.2, -0.15) is 0 Å². The summed E-state index contributed by atoms with van der Waals surface area (Å²) >= 11 is 0. The normalized spacial score (nSPS) is 13.3. The van der Waals surface area contributed by atoms with Crippen LogP contribution in [0, 0.1) is 11.6 Å². The maximum Gasteiger partial charge on any atom is 0.254 e. The van der Waals surface area contributed by atoms with Crippen molar-refractivity contribution in [1.29, 1.82) is 0 Å². The number of nitrogens with one attached hydrogen (secondary N) is 1. The van der Waals surface area contributed by atoms with Crippen molar-refractivity contribution in [1.82, 2.24) is 10.3 Å². The molecule has 6 heteroatoms. The second-order valence-electron chi connectivity index (χ2n) is 4.87. The van der Waals surface area contributed by atoms with Gasteiger partial charge < -0.3 is 10.1 Å². The van der Waals surface area contributed by atoms with Crippen LogP contribution < -0.4 is 10.1 Å². The maximum atomic E-state index is 13.5. The zero-order chi connectivity index (χ0) is 16.1. The van der Waals surface area contributed by atoms with Crippen molar-refractivity contribution in [2.45, 2.75) is 26.0 Å². The first kappa shape index (κ1) is 15.9. The molecule has 0 saturated carbocycles. The third-order valence-corrected chi connectivity index (χ3v) is 3.23. The topological polar surface area (TPSA) is 51.2 Å². The monoisotopic (exact) mass is 306 g/mol. The molecule has 1 N–H and O–H groups in total. The summed E-state index contributed by atoms with van der Waals surface area (Å²) in [5, 5.41) is 2.62. The van der Waals surface area contributed by atoms with Gasteiger partial charge in [-0.05, 0) is 32.0 Å². The molecule has 22 heavy (non-hydrogen) atoms. The lowest BCUT2D eigenvalue weighted by atomic mass is 10.1. The van der Waals surface area contributed by atoms with Gasteiger partial charge in [-0.3, -0.25) is 9.78 Å². The van der Waals surface area contributed by atoms with E-state index in [0.29, 0.717) is 0 Å². The molecule has 0 aliphatic rings. The number of hydrogen-bond donors (Lipinski definition) is 1. The van der Waals surface area contributed by atoms with Gasteiger partial charge in [0.2, 0.25) is 0 Å². The minimum Gasteiger partial charge on any atom is -0.486 e. The fraction of sp³-hybridized carbons (Fsp3) is 0.250. The Morgan fingerprint density at radius 2 is 1.91 bits per heavy atom. The van der Waals surface area contributed by atoms with Crippen molar-refractivity contribution >= 4 is 5.91 Å². The summed E-state index contributed by atoms with van der Waals surface area (Å²) in [6.45, 7) is 3.39. The summed E-state index contributed by atoms with van der Waals surface area (Å²) in [5.74, 6) is -1.65. The Morgan fingerprint density at radius 1 is 1.18 bits per heavy atom. The van der Waals surface area contributed by atoms with Gasteiger partial charge in [-0.1, -0.05) is 12.1 Å². The molecule has 0 aliphatic heterocycles. The number of ether oxygens (including phenoxy) is 1. The number of pyridine rings is 1. The molecule has 1 aromatic carbocycles. The predicted molar refractivity (Wildman–Crippen MR) is 77.6 cm³/mol.